The average molecular weight is 1010 g/mol. The molecule has 0 aliphatic heterocycles. The molecule has 2 aliphatic carbocycles. The van der Waals surface area contributed by atoms with Crippen LogP contribution in [0.2, 0.25) is 0 Å². The highest BCUT2D eigenvalue weighted by Crippen LogP contribution is 2.53. The summed E-state index contributed by atoms with van der Waals surface area (Å²) < 4.78 is 2.62. The van der Waals surface area contributed by atoms with Crippen molar-refractivity contribution in [1.82, 2.24) is 0 Å². The van der Waals surface area contributed by atoms with Crippen LogP contribution >= 0.6 is 11.3 Å². The molecule has 0 N–H and O–H groups in total. The Balaban J connectivity index is 0.753. The van der Waals surface area contributed by atoms with E-state index in [1.807, 2.05) is 11.3 Å². The molecule has 10 aromatic carbocycles. The van der Waals surface area contributed by atoms with Gasteiger partial charge < -0.3 is 9.80 Å². The van der Waals surface area contributed by atoms with Crippen molar-refractivity contribution in [2.45, 2.75) is 66.2 Å². The summed E-state index contributed by atoms with van der Waals surface area (Å²) in [6, 6.07) is 77.1. The van der Waals surface area contributed by atoms with E-state index in [2.05, 4.69) is 296 Å². The summed E-state index contributed by atoms with van der Waals surface area (Å²) in [4.78, 5) is 4.80. The number of hydrogen-bond donors (Lipinski definition) is 0. The lowest BCUT2D eigenvalue weighted by Gasteiger charge is -2.28. The Morgan fingerprint density at radius 3 is 1.00 bits per heavy atom. The fourth-order valence-electron chi connectivity index (χ4n) is 12.6. The summed E-state index contributed by atoms with van der Waals surface area (Å²) in [6.45, 7) is 18.3. The Kier molecular flexibility index (Phi) is 11.7. The third-order valence-electron chi connectivity index (χ3n) is 16.3. The number of fused-ring (bicyclic) bond motifs is 9. The molecule has 0 atom stereocenters. The molecule has 11 aromatic rings. The van der Waals surface area contributed by atoms with Crippen LogP contribution in [0.1, 0.15) is 94.5 Å². The minimum Gasteiger partial charge on any atom is -0.310 e. The smallest absolute Gasteiger partial charge is 0.0466 e. The summed E-state index contributed by atoms with van der Waals surface area (Å²) in [5.74, 6) is 0. The molecule has 3 heteroatoms. The Bertz CT molecular complexity index is 3900. The van der Waals surface area contributed by atoms with E-state index in [0.29, 0.717) is 0 Å². The summed E-state index contributed by atoms with van der Waals surface area (Å²) in [7, 11) is 0. The van der Waals surface area contributed by atoms with Gasteiger partial charge in [0.1, 0.15) is 0 Å². The molecule has 0 amide bonds. The van der Waals surface area contributed by atoms with Crippen LogP contribution in [0.3, 0.4) is 0 Å². The zero-order chi connectivity index (χ0) is 52.7. The second kappa shape index (κ2) is 18.7. The summed E-state index contributed by atoms with van der Waals surface area (Å²) in [5.41, 5.74) is 27.3. The lowest BCUT2D eigenvalue weighted by atomic mass is 9.81. The molecule has 0 fully saturated rings. The van der Waals surface area contributed by atoms with Gasteiger partial charge in [0.15, 0.2) is 0 Å². The lowest BCUT2D eigenvalue weighted by Crippen LogP contribution is -2.16. The van der Waals surface area contributed by atoms with Gasteiger partial charge in [-0.1, -0.05) is 161 Å². The highest BCUT2D eigenvalue weighted by atomic mass is 32.1. The molecule has 0 saturated heterocycles. The van der Waals surface area contributed by atoms with Gasteiger partial charge in [0, 0.05) is 65.1 Å². The molecule has 1 aromatic heterocycles. The van der Waals surface area contributed by atoms with Gasteiger partial charge in [-0.15, -0.1) is 11.3 Å². The molecule has 77 heavy (non-hydrogen) atoms. The SMILES string of the molecule is Cc1cc(C)cc(N(c2ccccc2)c2ccc3c(c2)C(C)(C)c2cc(C=Cc4ccc5sc6ccc(C=Cc7ccc8c(c7)C(C)(C)c7cc(N(c9ccccc9)c9cc(C)cc(C)c9)ccc7-8)cc6c5c4)ccc2-3)c1. The number of anilines is 6. The number of hydrogen-bond acceptors (Lipinski definition) is 3. The number of benzene rings is 10. The Hall–Kier alpha value is -8.50. The predicted molar refractivity (Wildman–Crippen MR) is 334 cm³/mol. The van der Waals surface area contributed by atoms with Crippen molar-refractivity contribution in [1.29, 1.82) is 0 Å². The van der Waals surface area contributed by atoms with Gasteiger partial charge in [-0.3, -0.25) is 0 Å². The van der Waals surface area contributed by atoms with Gasteiger partial charge in [-0.2, -0.15) is 0 Å². The van der Waals surface area contributed by atoms with E-state index in [1.54, 1.807) is 0 Å². The first-order valence-corrected chi connectivity index (χ1v) is 27.9. The minimum atomic E-state index is -0.169. The van der Waals surface area contributed by atoms with Crippen LogP contribution in [0.5, 0.6) is 0 Å². The van der Waals surface area contributed by atoms with Crippen LogP contribution in [-0.4, -0.2) is 0 Å². The van der Waals surface area contributed by atoms with Crippen molar-refractivity contribution in [2.75, 3.05) is 9.80 Å². The quantitative estimate of drug-likeness (QED) is 0.126. The van der Waals surface area contributed by atoms with Crippen LogP contribution < -0.4 is 9.80 Å². The first kappa shape index (κ1) is 48.2. The standard InChI is InChI=1S/C74H62N2S/c1-47-35-48(2)38-59(37-47)75(55-15-11-9-12-16-55)57-27-31-63-61-29-23-53(43-67(61)73(5,6)69(63)45-57)21-19-51-25-33-71-65(41-51)66-42-52(26-34-72(66)77-71)20-22-54-24-30-62-64-32-28-58(46-70(64)74(7,8)68(62)44-54)76(56-17-13-10-14-18-56)60-39-49(3)36-50(4)40-60/h9-46H,1-8H3. The molecule has 0 radical (unpaired) electrons. The zero-order valence-electron chi connectivity index (χ0n) is 45.2. The van der Waals surface area contributed by atoms with E-state index in [0.717, 1.165) is 11.4 Å². The fourth-order valence-corrected chi connectivity index (χ4v) is 13.7. The minimum absolute atomic E-state index is 0.169. The van der Waals surface area contributed by atoms with Crippen LogP contribution in [0.15, 0.2) is 206 Å². The van der Waals surface area contributed by atoms with Gasteiger partial charge in [-0.05, 0) is 214 Å². The van der Waals surface area contributed by atoms with Crippen molar-refractivity contribution in [3.63, 3.8) is 0 Å². The molecule has 13 rings (SSSR count). The predicted octanol–water partition coefficient (Wildman–Crippen LogP) is 21.2. The highest BCUT2D eigenvalue weighted by Gasteiger charge is 2.38. The second-order valence-electron chi connectivity index (χ2n) is 22.6. The maximum Gasteiger partial charge on any atom is 0.0466 e. The molecule has 2 aliphatic rings. The Labute approximate surface area is 458 Å². The molecule has 0 bridgehead atoms. The number of aryl methyl sites for hydroxylation is 4. The van der Waals surface area contributed by atoms with Crippen LogP contribution in [0, 0.1) is 27.7 Å². The van der Waals surface area contributed by atoms with Crippen LogP contribution in [-0.2, 0) is 10.8 Å². The number of para-hydroxylation sites is 2. The maximum atomic E-state index is 2.42. The Morgan fingerprint density at radius 2 is 0.623 bits per heavy atom. The van der Waals surface area contributed by atoms with Gasteiger partial charge in [0.05, 0.1) is 0 Å². The third-order valence-corrected chi connectivity index (χ3v) is 17.4. The molecular weight excluding hydrogens is 949 g/mol. The maximum absolute atomic E-state index is 2.42. The Morgan fingerprint density at radius 1 is 0.299 bits per heavy atom. The number of rotatable bonds is 10. The summed E-state index contributed by atoms with van der Waals surface area (Å²) in [6.07, 6.45) is 9.13. The van der Waals surface area contributed by atoms with Gasteiger partial charge >= 0.3 is 0 Å². The van der Waals surface area contributed by atoms with Crippen LogP contribution in [0.4, 0.5) is 34.1 Å². The largest absolute Gasteiger partial charge is 0.310 e. The van der Waals surface area contributed by atoms with E-state index in [-0.39, 0.29) is 10.8 Å². The first-order valence-electron chi connectivity index (χ1n) is 27.0. The monoisotopic (exact) mass is 1010 g/mol. The van der Waals surface area contributed by atoms with Gasteiger partial charge in [0.25, 0.3) is 0 Å². The topological polar surface area (TPSA) is 6.48 Å². The van der Waals surface area contributed by atoms with E-state index >= 15 is 0 Å². The second-order valence-corrected chi connectivity index (χ2v) is 23.7. The summed E-state index contributed by atoms with van der Waals surface area (Å²) in [5, 5.41) is 2.60. The molecular formula is C74H62N2S. The average Bonchev–Trinajstić information content (AvgIpc) is 4.23. The molecule has 0 spiro atoms. The van der Waals surface area contributed by atoms with Crippen molar-refractivity contribution in [3.05, 3.63) is 273 Å². The van der Waals surface area contributed by atoms with Crippen LogP contribution in [0.25, 0.3) is 66.7 Å². The van der Waals surface area contributed by atoms with E-state index in [1.165, 1.54) is 132 Å². The van der Waals surface area contributed by atoms with Crippen molar-refractivity contribution < 1.29 is 0 Å². The van der Waals surface area contributed by atoms with E-state index in [4.69, 9.17) is 0 Å². The number of nitrogens with zero attached hydrogens (tertiary/aromatic N) is 2. The first-order chi connectivity index (χ1) is 37.2. The zero-order valence-corrected chi connectivity index (χ0v) is 46.1. The molecule has 1 heterocycles. The molecule has 2 nitrogen and oxygen atoms in total. The number of thiophene rings is 1. The van der Waals surface area contributed by atoms with Crippen molar-refractivity contribution in [3.8, 4) is 22.3 Å². The van der Waals surface area contributed by atoms with E-state index < -0.39 is 0 Å². The van der Waals surface area contributed by atoms with Gasteiger partial charge in [-0.25, -0.2) is 0 Å². The third kappa shape index (κ3) is 8.60. The van der Waals surface area contributed by atoms with Crippen molar-refractivity contribution >= 4 is 89.9 Å². The molecule has 0 unspecified atom stereocenters. The van der Waals surface area contributed by atoms with E-state index in [9.17, 15) is 0 Å². The molecule has 0 saturated carbocycles. The fraction of sp³-hybridized carbons (Fsp3) is 0.135. The molecule has 374 valence electrons. The lowest BCUT2D eigenvalue weighted by molar-refractivity contribution is 0.660. The highest BCUT2D eigenvalue weighted by molar-refractivity contribution is 7.25. The van der Waals surface area contributed by atoms with Crippen molar-refractivity contribution in [2.24, 2.45) is 0 Å². The summed E-state index contributed by atoms with van der Waals surface area (Å²) >= 11 is 1.87. The van der Waals surface area contributed by atoms with Gasteiger partial charge in [0.2, 0.25) is 0 Å². The normalized spacial score (nSPS) is 13.8.